The minimum atomic E-state index is -6.05. The van der Waals surface area contributed by atoms with Gasteiger partial charge < -0.3 is 0 Å². The minimum Gasteiger partial charge on any atom is -0.195 e. The molecule has 0 rings (SSSR count). The maximum atomic E-state index is 11.7. The van der Waals surface area contributed by atoms with E-state index in [1.165, 1.54) is 0 Å². The van der Waals surface area contributed by atoms with Gasteiger partial charge in [-0.1, -0.05) is 0 Å². The monoisotopic (exact) mass is 216 g/mol. The fourth-order valence-electron chi connectivity index (χ4n) is 0.298. The molecular formula is C3H2F6O2S. The van der Waals surface area contributed by atoms with E-state index in [0.29, 0.717) is 0 Å². The highest BCUT2D eigenvalue weighted by atomic mass is 32.3. The summed E-state index contributed by atoms with van der Waals surface area (Å²) >= 11 is 0. The van der Waals surface area contributed by atoms with Gasteiger partial charge in [-0.2, -0.15) is 30.4 Å². The molecule has 0 N–H and O–H groups in total. The molecule has 0 aliphatic rings. The lowest BCUT2D eigenvalue weighted by Crippen LogP contribution is -2.41. The molecule has 9 heteroatoms. The molecule has 0 heterocycles. The average molecular weight is 216 g/mol. The fourth-order valence-corrected chi connectivity index (χ4v) is 0.895. The van der Waals surface area contributed by atoms with Crippen LogP contribution in [0.5, 0.6) is 0 Å². The molecule has 0 aromatic rings. The van der Waals surface area contributed by atoms with Gasteiger partial charge in [-0.25, -0.2) is 0 Å². The Hall–Kier alpha value is -0.470. The second kappa shape index (κ2) is 2.79. The summed E-state index contributed by atoms with van der Waals surface area (Å²) in [6.07, 6.45) is -6.05. The molecule has 0 unspecified atom stereocenters. The predicted octanol–water partition coefficient (Wildman–Crippen LogP) is 1.48. The van der Waals surface area contributed by atoms with Crippen LogP contribution in [0.2, 0.25) is 0 Å². The van der Waals surface area contributed by atoms with Crippen molar-refractivity contribution in [1.29, 1.82) is 0 Å². The maximum absolute atomic E-state index is 11.7. The topological polar surface area (TPSA) is 34.1 Å². The number of hydrogen-bond acceptors (Lipinski definition) is 2. The Bertz CT molecular complexity index is 250. The Morgan fingerprint density at radius 2 is 1.33 bits per heavy atom. The summed E-state index contributed by atoms with van der Waals surface area (Å²) in [7, 11) is -5.83. The van der Waals surface area contributed by atoms with E-state index in [4.69, 9.17) is 0 Å². The molecule has 12 heavy (non-hydrogen) atoms. The molecular weight excluding hydrogens is 214 g/mol. The second-order valence-electron chi connectivity index (χ2n) is 1.89. The van der Waals surface area contributed by atoms with E-state index in [1.54, 1.807) is 0 Å². The second-order valence-corrected chi connectivity index (χ2v) is 3.25. The van der Waals surface area contributed by atoms with Gasteiger partial charge in [0.25, 0.3) is 0 Å². The third-order valence-corrected chi connectivity index (χ3v) is 1.48. The van der Waals surface area contributed by atoms with Gasteiger partial charge in [0.1, 0.15) is 0 Å². The van der Waals surface area contributed by atoms with Gasteiger partial charge in [0.2, 0.25) is 0 Å². The summed E-state index contributed by atoms with van der Waals surface area (Å²) in [5, 5.41) is 0. The zero-order valence-corrected chi connectivity index (χ0v) is 6.02. The predicted molar refractivity (Wildman–Crippen MR) is 25.9 cm³/mol. The highest BCUT2D eigenvalue weighted by Crippen LogP contribution is 2.36. The molecule has 0 bridgehead atoms. The highest BCUT2D eigenvalue weighted by molar-refractivity contribution is 7.86. The Kier molecular flexibility index (Phi) is 2.68. The van der Waals surface area contributed by atoms with E-state index in [0.717, 1.165) is 0 Å². The van der Waals surface area contributed by atoms with Crippen LogP contribution in [0.1, 0.15) is 0 Å². The van der Waals surface area contributed by atoms with Gasteiger partial charge in [-0.05, 0) is 0 Å². The first-order valence-electron chi connectivity index (χ1n) is 2.32. The van der Waals surface area contributed by atoms with E-state index in [2.05, 4.69) is 0 Å². The first kappa shape index (κ1) is 11.5. The molecule has 0 saturated heterocycles. The van der Waals surface area contributed by atoms with Crippen molar-refractivity contribution in [2.75, 3.05) is 5.75 Å². The van der Waals surface area contributed by atoms with Crippen molar-refractivity contribution in [3.63, 3.8) is 0 Å². The molecule has 0 saturated carbocycles. The lowest BCUT2D eigenvalue weighted by atomic mass is 10.4. The molecule has 0 radical (unpaired) electrons. The van der Waals surface area contributed by atoms with Crippen LogP contribution in [0.25, 0.3) is 0 Å². The van der Waals surface area contributed by atoms with Gasteiger partial charge in [0.05, 0.1) is 0 Å². The van der Waals surface area contributed by atoms with Crippen molar-refractivity contribution >= 4 is 10.2 Å². The van der Waals surface area contributed by atoms with Crippen LogP contribution in [0.15, 0.2) is 0 Å². The van der Waals surface area contributed by atoms with E-state index in [1.807, 2.05) is 0 Å². The van der Waals surface area contributed by atoms with Crippen LogP contribution in [0.3, 0.4) is 0 Å². The van der Waals surface area contributed by atoms with Crippen molar-refractivity contribution in [3.8, 4) is 0 Å². The highest BCUT2D eigenvalue weighted by Gasteiger charge is 2.59. The molecule has 74 valence electrons. The molecule has 0 amide bonds. The van der Waals surface area contributed by atoms with Crippen molar-refractivity contribution in [2.45, 2.75) is 12.1 Å². The molecule has 0 atom stereocenters. The van der Waals surface area contributed by atoms with Crippen LogP contribution >= 0.6 is 0 Å². The van der Waals surface area contributed by atoms with Crippen LogP contribution in [-0.2, 0) is 10.2 Å². The first-order valence-corrected chi connectivity index (χ1v) is 3.88. The number of hydrogen-bond donors (Lipinski definition) is 0. The Morgan fingerprint density at radius 1 is 1.00 bits per heavy atom. The third-order valence-electron chi connectivity index (χ3n) is 0.768. The van der Waals surface area contributed by atoms with Gasteiger partial charge in [0, 0.05) is 0 Å². The summed E-state index contributed by atoms with van der Waals surface area (Å²) in [4.78, 5) is 0. The summed E-state index contributed by atoms with van der Waals surface area (Å²) in [5.74, 6) is -8.41. The molecule has 0 spiro atoms. The van der Waals surface area contributed by atoms with Crippen LogP contribution in [0, 0.1) is 0 Å². The summed E-state index contributed by atoms with van der Waals surface area (Å²) in [6, 6.07) is 0. The number of halogens is 6. The average Bonchev–Trinajstić information content (AvgIpc) is 1.52. The zero-order chi connectivity index (χ0) is 10.2. The Morgan fingerprint density at radius 3 is 1.42 bits per heavy atom. The van der Waals surface area contributed by atoms with Gasteiger partial charge in [0.15, 0.2) is 5.75 Å². The zero-order valence-electron chi connectivity index (χ0n) is 5.20. The van der Waals surface area contributed by atoms with E-state index < -0.39 is 28.1 Å². The Labute approximate surface area is 63.4 Å². The van der Waals surface area contributed by atoms with Gasteiger partial charge in [-0.15, -0.1) is 3.89 Å². The van der Waals surface area contributed by atoms with Crippen molar-refractivity contribution in [1.82, 2.24) is 0 Å². The molecule has 0 aromatic heterocycles. The minimum absolute atomic E-state index is 2.87. The molecule has 2 nitrogen and oxygen atoms in total. The van der Waals surface area contributed by atoms with Crippen LogP contribution < -0.4 is 0 Å². The molecule has 0 fully saturated rings. The van der Waals surface area contributed by atoms with E-state index in [9.17, 15) is 34.3 Å². The largest absolute Gasteiger partial charge is 0.454 e. The first-order chi connectivity index (χ1) is 4.96. The summed E-state index contributed by atoms with van der Waals surface area (Å²) in [5.41, 5.74) is 0. The lowest BCUT2D eigenvalue weighted by Gasteiger charge is -2.16. The molecule has 0 aromatic carbocycles. The standard InChI is InChI=1S/C3H2F6O2S/c4-2(5,3(6,7)8)1-12(9,10)11/h1H2. The van der Waals surface area contributed by atoms with Crippen molar-refractivity contribution in [3.05, 3.63) is 0 Å². The Balaban J connectivity index is 4.67. The van der Waals surface area contributed by atoms with Crippen LogP contribution in [-0.4, -0.2) is 26.3 Å². The van der Waals surface area contributed by atoms with Crippen molar-refractivity contribution in [2.24, 2.45) is 0 Å². The molecule has 0 aliphatic heterocycles. The summed E-state index contributed by atoms with van der Waals surface area (Å²) in [6.45, 7) is 0. The van der Waals surface area contributed by atoms with E-state index in [-0.39, 0.29) is 0 Å². The smallest absolute Gasteiger partial charge is 0.195 e. The number of rotatable bonds is 2. The molecule has 0 aliphatic carbocycles. The third kappa shape index (κ3) is 3.28. The fraction of sp³-hybridized carbons (Fsp3) is 1.00. The maximum Gasteiger partial charge on any atom is 0.454 e. The number of alkyl halides is 5. The van der Waals surface area contributed by atoms with Crippen molar-refractivity contribution < 1.29 is 34.3 Å². The van der Waals surface area contributed by atoms with E-state index >= 15 is 0 Å². The van der Waals surface area contributed by atoms with Gasteiger partial charge in [-0.3, -0.25) is 0 Å². The van der Waals surface area contributed by atoms with Crippen LogP contribution in [0.4, 0.5) is 25.8 Å². The lowest BCUT2D eigenvalue weighted by molar-refractivity contribution is -0.271. The normalized spacial score (nSPS) is 14.8. The summed E-state index contributed by atoms with van der Waals surface area (Å²) < 4.78 is 87.2. The van der Waals surface area contributed by atoms with Gasteiger partial charge >= 0.3 is 22.3 Å². The SMILES string of the molecule is O=S(=O)(F)CC(F)(F)C(F)(F)F. The quantitative estimate of drug-likeness (QED) is 0.517.